The standard InChI is InChI=1S/C20H18N2OS/c21-20(24)22-17(12-10-14-6-2-1-3-7-14)19-16-9-5-4-8-15(16)11-13-18(19)23/h1-13,17,23H,(H3,21,22,24)/b12-10+. The zero-order valence-corrected chi connectivity index (χ0v) is 13.8. The molecule has 1 unspecified atom stereocenters. The number of rotatable bonds is 4. The second-order valence-electron chi connectivity index (χ2n) is 5.48. The molecule has 120 valence electrons. The Morgan fingerprint density at radius 1 is 1.00 bits per heavy atom. The number of thiocarbonyl (C=S) groups is 1. The number of hydrogen-bond acceptors (Lipinski definition) is 2. The molecule has 0 amide bonds. The zero-order valence-electron chi connectivity index (χ0n) is 13.0. The first-order valence-corrected chi connectivity index (χ1v) is 8.06. The van der Waals surface area contributed by atoms with Crippen LogP contribution in [0.3, 0.4) is 0 Å². The van der Waals surface area contributed by atoms with Crippen LogP contribution in [0.1, 0.15) is 17.2 Å². The molecule has 0 bridgehead atoms. The first-order valence-electron chi connectivity index (χ1n) is 7.65. The highest BCUT2D eigenvalue weighted by Gasteiger charge is 2.16. The molecular formula is C20H18N2OS. The van der Waals surface area contributed by atoms with Crippen molar-refractivity contribution < 1.29 is 5.11 Å². The number of nitrogens with two attached hydrogens (primary N) is 1. The summed E-state index contributed by atoms with van der Waals surface area (Å²) in [5.41, 5.74) is 7.52. The minimum Gasteiger partial charge on any atom is -0.508 e. The van der Waals surface area contributed by atoms with Gasteiger partial charge in [-0.3, -0.25) is 0 Å². The van der Waals surface area contributed by atoms with Crippen molar-refractivity contribution in [3.05, 3.63) is 83.9 Å². The maximum atomic E-state index is 10.4. The van der Waals surface area contributed by atoms with E-state index in [4.69, 9.17) is 18.0 Å². The molecule has 0 saturated carbocycles. The fourth-order valence-electron chi connectivity index (χ4n) is 2.75. The molecule has 24 heavy (non-hydrogen) atoms. The van der Waals surface area contributed by atoms with E-state index in [0.717, 1.165) is 21.9 Å². The number of phenols is 1. The van der Waals surface area contributed by atoms with E-state index in [9.17, 15) is 5.11 Å². The molecule has 3 aromatic carbocycles. The third-order valence-electron chi connectivity index (χ3n) is 3.84. The summed E-state index contributed by atoms with van der Waals surface area (Å²) in [4.78, 5) is 0. The maximum Gasteiger partial charge on any atom is 0.164 e. The van der Waals surface area contributed by atoms with E-state index in [1.54, 1.807) is 6.07 Å². The Morgan fingerprint density at radius 3 is 2.46 bits per heavy atom. The third kappa shape index (κ3) is 3.55. The quantitative estimate of drug-likeness (QED) is 0.628. The van der Waals surface area contributed by atoms with Gasteiger partial charge in [0.05, 0.1) is 6.04 Å². The van der Waals surface area contributed by atoms with E-state index in [1.807, 2.05) is 72.8 Å². The molecule has 0 saturated heterocycles. The van der Waals surface area contributed by atoms with E-state index in [0.29, 0.717) is 0 Å². The van der Waals surface area contributed by atoms with Gasteiger partial charge >= 0.3 is 0 Å². The number of aromatic hydroxyl groups is 1. The van der Waals surface area contributed by atoms with Crippen LogP contribution in [0.2, 0.25) is 0 Å². The second kappa shape index (κ2) is 7.15. The Hall–Kier alpha value is -2.85. The van der Waals surface area contributed by atoms with Gasteiger partial charge in [-0.1, -0.05) is 72.8 Å². The summed E-state index contributed by atoms with van der Waals surface area (Å²) in [7, 11) is 0. The van der Waals surface area contributed by atoms with Gasteiger partial charge in [0.1, 0.15) is 5.75 Å². The van der Waals surface area contributed by atoms with Crippen molar-refractivity contribution in [2.75, 3.05) is 0 Å². The molecule has 3 aromatic rings. The zero-order chi connectivity index (χ0) is 16.9. The molecule has 3 nitrogen and oxygen atoms in total. The lowest BCUT2D eigenvalue weighted by Gasteiger charge is -2.19. The summed E-state index contributed by atoms with van der Waals surface area (Å²) in [5, 5.41) is 15.7. The minimum absolute atomic E-state index is 0.185. The summed E-state index contributed by atoms with van der Waals surface area (Å²) in [5.74, 6) is 0.208. The van der Waals surface area contributed by atoms with Crippen molar-refractivity contribution in [3.8, 4) is 5.75 Å². The minimum atomic E-state index is -0.325. The maximum absolute atomic E-state index is 10.4. The summed E-state index contributed by atoms with van der Waals surface area (Å²) >= 11 is 5.02. The van der Waals surface area contributed by atoms with Crippen LogP contribution in [0.15, 0.2) is 72.8 Å². The highest BCUT2D eigenvalue weighted by atomic mass is 32.1. The largest absolute Gasteiger partial charge is 0.508 e. The SMILES string of the molecule is NC(=S)NC(/C=C/c1ccccc1)c1c(O)ccc2ccccc12. The fourth-order valence-corrected chi connectivity index (χ4v) is 2.88. The van der Waals surface area contributed by atoms with Crippen LogP contribution in [0, 0.1) is 0 Å². The number of fused-ring (bicyclic) bond motifs is 1. The lowest BCUT2D eigenvalue weighted by atomic mass is 9.96. The molecule has 3 rings (SSSR count). The van der Waals surface area contributed by atoms with Crippen LogP contribution in [0.25, 0.3) is 16.8 Å². The molecule has 0 fully saturated rings. The van der Waals surface area contributed by atoms with Crippen LogP contribution in [-0.4, -0.2) is 10.2 Å². The molecule has 4 heteroatoms. The fraction of sp³-hybridized carbons (Fsp3) is 0.0500. The van der Waals surface area contributed by atoms with E-state index in [1.165, 1.54) is 0 Å². The van der Waals surface area contributed by atoms with E-state index in [-0.39, 0.29) is 16.9 Å². The monoisotopic (exact) mass is 334 g/mol. The van der Waals surface area contributed by atoms with Crippen molar-refractivity contribution in [1.82, 2.24) is 5.32 Å². The Labute approximate surface area is 146 Å². The molecule has 4 N–H and O–H groups in total. The first-order chi connectivity index (χ1) is 11.6. The van der Waals surface area contributed by atoms with Crippen LogP contribution in [-0.2, 0) is 0 Å². The van der Waals surface area contributed by atoms with Gasteiger partial charge in [-0.25, -0.2) is 0 Å². The Bertz CT molecular complexity index is 891. The van der Waals surface area contributed by atoms with Gasteiger partial charge in [-0.05, 0) is 34.6 Å². The van der Waals surface area contributed by atoms with Crippen LogP contribution >= 0.6 is 12.2 Å². The predicted molar refractivity (Wildman–Crippen MR) is 104 cm³/mol. The van der Waals surface area contributed by atoms with Crippen molar-refractivity contribution in [2.24, 2.45) is 5.73 Å². The summed E-state index contributed by atoms with van der Waals surface area (Å²) in [6, 6.07) is 21.1. The summed E-state index contributed by atoms with van der Waals surface area (Å²) in [6.07, 6.45) is 3.94. The van der Waals surface area contributed by atoms with Crippen molar-refractivity contribution in [3.63, 3.8) is 0 Å². The Kier molecular flexibility index (Phi) is 4.77. The normalized spacial score (nSPS) is 12.3. The van der Waals surface area contributed by atoms with Gasteiger partial charge in [-0.15, -0.1) is 0 Å². The van der Waals surface area contributed by atoms with Gasteiger partial charge in [0.25, 0.3) is 0 Å². The second-order valence-corrected chi connectivity index (χ2v) is 5.92. The molecule has 0 spiro atoms. The number of nitrogens with one attached hydrogen (secondary N) is 1. The van der Waals surface area contributed by atoms with E-state index in [2.05, 4.69) is 5.32 Å². The smallest absolute Gasteiger partial charge is 0.164 e. The average molecular weight is 334 g/mol. The highest BCUT2D eigenvalue weighted by molar-refractivity contribution is 7.80. The molecular weight excluding hydrogens is 316 g/mol. The molecule has 0 radical (unpaired) electrons. The van der Waals surface area contributed by atoms with Crippen LogP contribution in [0.5, 0.6) is 5.75 Å². The van der Waals surface area contributed by atoms with Gasteiger partial charge in [-0.2, -0.15) is 0 Å². The van der Waals surface area contributed by atoms with Gasteiger partial charge in [0, 0.05) is 5.56 Å². The van der Waals surface area contributed by atoms with Crippen molar-refractivity contribution >= 4 is 34.2 Å². The lowest BCUT2D eigenvalue weighted by molar-refractivity contribution is 0.465. The van der Waals surface area contributed by atoms with Crippen molar-refractivity contribution in [2.45, 2.75) is 6.04 Å². The molecule has 0 heterocycles. The summed E-state index contributed by atoms with van der Waals surface area (Å²) in [6.45, 7) is 0. The van der Waals surface area contributed by atoms with E-state index < -0.39 is 0 Å². The van der Waals surface area contributed by atoms with Gasteiger partial charge in [0.2, 0.25) is 0 Å². The molecule has 1 atom stereocenters. The molecule has 0 aromatic heterocycles. The van der Waals surface area contributed by atoms with Crippen LogP contribution in [0.4, 0.5) is 0 Å². The lowest BCUT2D eigenvalue weighted by Crippen LogP contribution is -2.32. The Morgan fingerprint density at radius 2 is 1.71 bits per heavy atom. The van der Waals surface area contributed by atoms with Gasteiger partial charge in [0.15, 0.2) is 5.11 Å². The highest BCUT2D eigenvalue weighted by Crippen LogP contribution is 2.33. The Balaban J connectivity index is 2.08. The first kappa shape index (κ1) is 16.0. The number of benzene rings is 3. The van der Waals surface area contributed by atoms with Gasteiger partial charge < -0.3 is 16.2 Å². The molecule has 0 aliphatic heterocycles. The molecule has 0 aliphatic carbocycles. The number of phenolic OH excluding ortho intramolecular Hbond substituents is 1. The van der Waals surface area contributed by atoms with Crippen LogP contribution < -0.4 is 11.1 Å². The topological polar surface area (TPSA) is 58.3 Å². The van der Waals surface area contributed by atoms with Crippen molar-refractivity contribution in [1.29, 1.82) is 0 Å². The number of hydrogen-bond donors (Lipinski definition) is 3. The average Bonchev–Trinajstić information content (AvgIpc) is 2.59. The third-order valence-corrected chi connectivity index (χ3v) is 3.95. The van der Waals surface area contributed by atoms with E-state index >= 15 is 0 Å². The molecule has 0 aliphatic rings. The summed E-state index contributed by atoms with van der Waals surface area (Å²) < 4.78 is 0. The predicted octanol–water partition coefficient (Wildman–Crippen LogP) is 4.13.